The third kappa shape index (κ3) is 1.45. The van der Waals surface area contributed by atoms with Gasteiger partial charge >= 0.3 is 0 Å². The zero-order chi connectivity index (χ0) is 9.26. The van der Waals surface area contributed by atoms with Crippen molar-refractivity contribution in [2.75, 3.05) is 5.75 Å². The van der Waals surface area contributed by atoms with Crippen LogP contribution in [0.2, 0.25) is 0 Å². The van der Waals surface area contributed by atoms with Gasteiger partial charge in [0.2, 0.25) is 0 Å². The third-order valence-corrected chi connectivity index (χ3v) is 3.58. The number of fused-ring (bicyclic) bond motifs is 1. The minimum atomic E-state index is 0.839. The molecular formula is C11H11NS. The van der Waals surface area contributed by atoms with Crippen LogP contribution in [0.3, 0.4) is 0 Å². The highest BCUT2D eigenvalue weighted by Gasteiger charge is 2.13. The maximum absolute atomic E-state index is 8.86. The molecule has 0 radical (unpaired) electrons. The van der Waals surface area contributed by atoms with Crippen molar-refractivity contribution in [3.8, 4) is 6.07 Å². The van der Waals surface area contributed by atoms with Crippen molar-refractivity contribution in [3.63, 3.8) is 0 Å². The molecule has 1 aromatic carbocycles. The maximum atomic E-state index is 8.86. The van der Waals surface area contributed by atoms with Crippen LogP contribution in [0.25, 0.3) is 0 Å². The first-order chi connectivity index (χ1) is 6.33. The second-order valence-corrected chi connectivity index (χ2v) is 4.40. The van der Waals surface area contributed by atoms with E-state index >= 15 is 0 Å². The summed E-state index contributed by atoms with van der Waals surface area (Å²) in [6, 6.07) is 6.29. The van der Waals surface area contributed by atoms with E-state index in [-0.39, 0.29) is 0 Å². The Morgan fingerprint density at radius 1 is 1.46 bits per heavy atom. The minimum absolute atomic E-state index is 0.839. The molecular weight excluding hydrogens is 178 g/mol. The molecule has 0 saturated heterocycles. The lowest BCUT2D eigenvalue weighted by atomic mass is 9.96. The smallest absolute Gasteiger partial charge is 0.0994 e. The van der Waals surface area contributed by atoms with E-state index in [1.807, 2.05) is 17.8 Å². The Kier molecular flexibility index (Phi) is 2.28. The molecule has 2 heteroatoms. The predicted molar refractivity (Wildman–Crippen MR) is 55.8 cm³/mol. The molecule has 66 valence electrons. The molecule has 1 aliphatic rings. The molecule has 0 fully saturated rings. The lowest BCUT2D eigenvalue weighted by Gasteiger charge is -2.18. The Balaban J connectivity index is 2.56. The fraction of sp³-hybridized carbons (Fsp3) is 0.364. The molecule has 0 N–H and O–H groups in total. The number of benzene rings is 1. The van der Waals surface area contributed by atoms with Gasteiger partial charge in [0.05, 0.1) is 11.6 Å². The normalized spacial score (nSPS) is 14.8. The number of hydrogen-bond donors (Lipinski definition) is 0. The Hall–Kier alpha value is -0.940. The van der Waals surface area contributed by atoms with E-state index in [0.29, 0.717) is 0 Å². The minimum Gasteiger partial charge on any atom is -0.192 e. The Morgan fingerprint density at radius 2 is 2.31 bits per heavy atom. The quantitative estimate of drug-likeness (QED) is 0.626. The van der Waals surface area contributed by atoms with Gasteiger partial charge in [-0.1, -0.05) is 6.07 Å². The van der Waals surface area contributed by atoms with Gasteiger partial charge in [-0.15, -0.1) is 0 Å². The van der Waals surface area contributed by atoms with Gasteiger partial charge in [-0.2, -0.15) is 17.0 Å². The standard InChI is InChI=1S/C11H11NS/c1-8-9(6-12)2-3-10-7-13-5-4-11(8)10/h2-3H,4-5,7H2,1H3. The molecule has 1 aliphatic heterocycles. The van der Waals surface area contributed by atoms with Gasteiger partial charge in [0.1, 0.15) is 0 Å². The summed E-state index contributed by atoms with van der Waals surface area (Å²) in [5, 5.41) is 8.86. The van der Waals surface area contributed by atoms with Gasteiger partial charge in [-0.3, -0.25) is 0 Å². The molecule has 2 rings (SSSR count). The molecule has 0 aliphatic carbocycles. The van der Waals surface area contributed by atoms with Gasteiger partial charge in [-0.25, -0.2) is 0 Å². The van der Waals surface area contributed by atoms with E-state index < -0.39 is 0 Å². The number of thioether (sulfide) groups is 1. The van der Waals surface area contributed by atoms with E-state index in [1.54, 1.807) is 0 Å². The summed E-state index contributed by atoms with van der Waals surface area (Å²) in [5.74, 6) is 2.31. The molecule has 1 nitrogen and oxygen atoms in total. The van der Waals surface area contributed by atoms with Crippen molar-refractivity contribution < 1.29 is 0 Å². The van der Waals surface area contributed by atoms with Crippen LogP contribution < -0.4 is 0 Å². The van der Waals surface area contributed by atoms with Crippen LogP contribution in [-0.2, 0) is 12.2 Å². The molecule has 0 amide bonds. The van der Waals surface area contributed by atoms with E-state index in [9.17, 15) is 0 Å². The van der Waals surface area contributed by atoms with Crippen molar-refractivity contribution in [1.82, 2.24) is 0 Å². The van der Waals surface area contributed by atoms with Gasteiger partial charge in [0, 0.05) is 5.75 Å². The van der Waals surface area contributed by atoms with Crippen molar-refractivity contribution in [3.05, 3.63) is 34.4 Å². The van der Waals surface area contributed by atoms with Gasteiger partial charge in [0.15, 0.2) is 0 Å². The molecule has 0 aromatic heterocycles. The topological polar surface area (TPSA) is 23.8 Å². The lowest BCUT2D eigenvalue weighted by Crippen LogP contribution is -2.05. The highest BCUT2D eigenvalue weighted by molar-refractivity contribution is 7.98. The first kappa shape index (κ1) is 8.65. The average molecular weight is 189 g/mol. The summed E-state index contributed by atoms with van der Waals surface area (Å²) >= 11 is 1.98. The largest absolute Gasteiger partial charge is 0.192 e. The van der Waals surface area contributed by atoms with Crippen LogP contribution in [0, 0.1) is 18.3 Å². The maximum Gasteiger partial charge on any atom is 0.0994 e. The fourth-order valence-corrected chi connectivity index (χ4v) is 2.76. The number of hydrogen-bond acceptors (Lipinski definition) is 2. The fourth-order valence-electron chi connectivity index (χ4n) is 1.77. The molecule has 0 atom stereocenters. The van der Waals surface area contributed by atoms with Crippen molar-refractivity contribution in [2.24, 2.45) is 0 Å². The van der Waals surface area contributed by atoms with Crippen LogP contribution in [-0.4, -0.2) is 5.75 Å². The van der Waals surface area contributed by atoms with E-state index in [4.69, 9.17) is 5.26 Å². The van der Waals surface area contributed by atoms with Crippen LogP contribution in [0.1, 0.15) is 22.3 Å². The average Bonchev–Trinajstić information content (AvgIpc) is 2.19. The van der Waals surface area contributed by atoms with E-state index in [1.165, 1.54) is 22.4 Å². The monoisotopic (exact) mass is 189 g/mol. The summed E-state index contributed by atoms with van der Waals surface area (Å²) in [6.45, 7) is 2.06. The Labute approximate surface area is 82.8 Å². The van der Waals surface area contributed by atoms with E-state index in [0.717, 1.165) is 17.7 Å². The van der Waals surface area contributed by atoms with Gasteiger partial charge in [-0.05, 0) is 41.9 Å². The SMILES string of the molecule is Cc1c(C#N)ccc2c1CCSC2. The van der Waals surface area contributed by atoms with Gasteiger partial charge in [0.25, 0.3) is 0 Å². The van der Waals surface area contributed by atoms with E-state index in [2.05, 4.69) is 19.1 Å². The molecule has 1 heterocycles. The van der Waals surface area contributed by atoms with Crippen LogP contribution in [0.5, 0.6) is 0 Å². The second-order valence-electron chi connectivity index (χ2n) is 3.29. The van der Waals surface area contributed by atoms with Crippen LogP contribution in [0.15, 0.2) is 12.1 Å². The molecule has 0 saturated carbocycles. The van der Waals surface area contributed by atoms with Crippen molar-refractivity contribution in [1.29, 1.82) is 5.26 Å². The number of nitrogens with zero attached hydrogens (tertiary/aromatic N) is 1. The zero-order valence-corrected chi connectivity index (χ0v) is 8.45. The summed E-state index contributed by atoms with van der Waals surface area (Å²) in [7, 11) is 0. The Morgan fingerprint density at radius 3 is 3.08 bits per heavy atom. The second kappa shape index (κ2) is 3.43. The molecule has 0 bridgehead atoms. The number of rotatable bonds is 0. The highest BCUT2D eigenvalue weighted by Crippen LogP contribution is 2.28. The third-order valence-electron chi connectivity index (χ3n) is 2.57. The summed E-state index contributed by atoms with van der Waals surface area (Å²) in [4.78, 5) is 0. The first-order valence-electron chi connectivity index (χ1n) is 4.42. The zero-order valence-electron chi connectivity index (χ0n) is 7.63. The first-order valence-corrected chi connectivity index (χ1v) is 5.57. The lowest BCUT2D eigenvalue weighted by molar-refractivity contribution is 1.05. The molecule has 1 aromatic rings. The predicted octanol–water partition coefficient (Wildman–Crippen LogP) is 2.66. The summed E-state index contributed by atoms with van der Waals surface area (Å²) in [5.41, 5.74) is 4.87. The number of nitriles is 1. The van der Waals surface area contributed by atoms with Gasteiger partial charge < -0.3 is 0 Å². The van der Waals surface area contributed by atoms with Crippen molar-refractivity contribution >= 4 is 11.8 Å². The van der Waals surface area contributed by atoms with Crippen LogP contribution >= 0.6 is 11.8 Å². The molecule has 0 spiro atoms. The van der Waals surface area contributed by atoms with Crippen molar-refractivity contribution in [2.45, 2.75) is 19.1 Å². The highest BCUT2D eigenvalue weighted by atomic mass is 32.2. The van der Waals surface area contributed by atoms with Crippen LogP contribution in [0.4, 0.5) is 0 Å². The summed E-state index contributed by atoms with van der Waals surface area (Å²) < 4.78 is 0. The molecule has 0 unspecified atom stereocenters. The Bertz CT molecular complexity index is 376. The summed E-state index contributed by atoms with van der Waals surface area (Å²) in [6.07, 6.45) is 1.13. The molecule has 13 heavy (non-hydrogen) atoms.